The fraction of sp³-hybridized carbons (Fsp3) is 0.556. The minimum Gasteiger partial charge on any atom is -0.457 e. The lowest BCUT2D eigenvalue weighted by atomic mass is 10.0. The van der Waals surface area contributed by atoms with Crippen LogP contribution in [0.3, 0.4) is 0 Å². The molecule has 0 aliphatic rings. The Hall–Kier alpha value is 0.0500. The van der Waals surface area contributed by atoms with Gasteiger partial charge in [-0.25, -0.2) is 0 Å². The Morgan fingerprint density at radius 1 is 1.58 bits per heavy atom. The van der Waals surface area contributed by atoms with E-state index in [2.05, 4.69) is 22.9 Å². The maximum Gasteiger partial charge on any atom is 0.169 e. The van der Waals surface area contributed by atoms with Crippen LogP contribution in [0, 0.1) is 5.92 Å². The SMILES string of the molecule is CC(Cl)C(C)Cc1coc(Br)c1. The van der Waals surface area contributed by atoms with Gasteiger partial charge in [0, 0.05) is 5.38 Å². The monoisotopic (exact) mass is 250 g/mol. The van der Waals surface area contributed by atoms with Crippen molar-refractivity contribution in [2.75, 3.05) is 0 Å². The van der Waals surface area contributed by atoms with Crippen LogP contribution in [0.2, 0.25) is 0 Å². The van der Waals surface area contributed by atoms with Crippen molar-refractivity contribution < 1.29 is 4.42 Å². The van der Waals surface area contributed by atoms with Gasteiger partial charge in [0.15, 0.2) is 4.67 Å². The summed E-state index contributed by atoms with van der Waals surface area (Å²) in [5, 5.41) is 0.207. The summed E-state index contributed by atoms with van der Waals surface area (Å²) >= 11 is 9.20. The second-order valence-electron chi connectivity index (χ2n) is 3.12. The maximum absolute atomic E-state index is 5.94. The van der Waals surface area contributed by atoms with E-state index in [9.17, 15) is 0 Å². The normalized spacial score (nSPS) is 16.0. The van der Waals surface area contributed by atoms with Gasteiger partial charge in [-0.2, -0.15) is 0 Å². The molecule has 1 rings (SSSR count). The van der Waals surface area contributed by atoms with Crippen molar-refractivity contribution in [2.45, 2.75) is 25.6 Å². The summed E-state index contributed by atoms with van der Waals surface area (Å²) in [6, 6.07) is 1.98. The molecule has 1 heterocycles. The Labute approximate surface area is 86.2 Å². The van der Waals surface area contributed by atoms with Gasteiger partial charge in [-0.15, -0.1) is 11.6 Å². The Morgan fingerprint density at radius 3 is 2.67 bits per heavy atom. The lowest BCUT2D eigenvalue weighted by Gasteiger charge is -2.11. The predicted octanol–water partition coefficient (Wildman–Crippen LogP) is 3.85. The first-order chi connectivity index (χ1) is 5.59. The third-order valence-corrected chi connectivity index (χ3v) is 2.81. The van der Waals surface area contributed by atoms with Crippen LogP contribution in [0.15, 0.2) is 21.4 Å². The zero-order valence-corrected chi connectivity index (χ0v) is 9.52. The molecule has 0 saturated carbocycles. The van der Waals surface area contributed by atoms with Crippen LogP contribution in [-0.4, -0.2) is 5.38 Å². The molecule has 1 aromatic heterocycles. The molecule has 0 N–H and O–H groups in total. The van der Waals surface area contributed by atoms with E-state index >= 15 is 0 Å². The highest BCUT2D eigenvalue weighted by atomic mass is 79.9. The third kappa shape index (κ3) is 2.83. The Kier molecular flexibility index (Phi) is 3.66. The van der Waals surface area contributed by atoms with Crippen molar-refractivity contribution in [1.82, 2.24) is 0 Å². The summed E-state index contributed by atoms with van der Waals surface area (Å²) in [6.45, 7) is 4.15. The molecule has 0 saturated heterocycles. The van der Waals surface area contributed by atoms with Crippen LogP contribution in [0.4, 0.5) is 0 Å². The second-order valence-corrected chi connectivity index (χ2v) is 4.59. The standard InChI is InChI=1S/C9H12BrClO/c1-6(7(2)11)3-8-4-9(10)12-5-8/h4-7H,3H2,1-2H3. The summed E-state index contributed by atoms with van der Waals surface area (Å²) in [5.74, 6) is 0.483. The zero-order valence-electron chi connectivity index (χ0n) is 7.18. The van der Waals surface area contributed by atoms with Crippen LogP contribution < -0.4 is 0 Å². The summed E-state index contributed by atoms with van der Waals surface area (Å²) in [7, 11) is 0. The third-order valence-electron chi connectivity index (χ3n) is 1.96. The molecule has 0 aliphatic heterocycles. The van der Waals surface area contributed by atoms with Crippen molar-refractivity contribution >= 4 is 27.5 Å². The lowest BCUT2D eigenvalue weighted by Crippen LogP contribution is -2.09. The van der Waals surface area contributed by atoms with E-state index < -0.39 is 0 Å². The molecular weight excluding hydrogens is 239 g/mol. The van der Waals surface area contributed by atoms with Gasteiger partial charge in [0.1, 0.15) is 0 Å². The van der Waals surface area contributed by atoms with Crippen LogP contribution in [-0.2, 0) is 6.42 Å². The van der Waals surface area contributed by atoms with Crippen molar-refractivity contribution in [2.24, 2.45) is 5.92 Å². The van der Waals surface area contributed by atoms with Crippen molar-refractivity contribution in [3.8, 4) is 0 Å². The van der Waals surface area contributed by atoms with Crippen molar-refractivity contribution in [3.63, 3.8) is 0 Å². The molecule has 0 amide bonds. The predicted molar refractivity (Wildman–Crippen MR) is 54.6 cm³/mol. The average molecular weight is 252 g/mol. The van der Waals surface area contributed by atoms with Gasteiger partial charge in [0.2, 0.25) is 0 Å². The Balaban J connectivity index is 2.52. The molecule has 0 aromatic carbocycles. The van der Waals surface area contributed by atoms with E-state index in [-0.39, 0.29) is 5.38 Å². The highest BCUT2D eigenvalue weighted by molar-refractivity contribution is 9.10. The zero-order chi connectivity index (χ0) is 9.14. The van der Waals surface area contributed by atoms with Gasteiger partial charge in [-0.3, -0.25) is 0 Å². The summed E-state index contributed by atoms with van der Waals surface area (Å²) < 4.78 is 5.90. The van der Waals surface area contributed by atoms with Gasteiger partial charge in [-0.05, 0) is 46.8 Å². The number of furan rings is 1. The summed E-state index contributed by atoms with van der Waals surface area (Å²) in [4.78, 5) is 0. The van der Waals surface area contributed by atoms with Crippen molar-refractivity contribution in [3.05, 3.63) is 22.6 Å². The first-order valence-corrected chi connectivity index (χ1v) is 5.19. The molecule has 68 valence electrons. The van der Waals surface area contributed by atoms with Crippen LogP contribution >= 0.6 is 27.5 Å². The van der Waals surface area contributed by atoms with Gasteiger partial charge < -0.3 is 4.42 Å². The maximum atomic E-state index is 5.94. The molecule has 1 nitrogen and oxygen atoms in total. The molecule has 0 spiro atoms. The number of rotatable bonds is 3. The van der Waals surface area contributed by atoms with Gasteiger partial charge in [-0.1, -0.05) is 6.92 Å². The smallest absolute Gasteiger partial charge is 0.169 e. The largest absolute Gasteiger partial charge is 0.457 e. The Morgan fingerprint density at radius 2 is 2.25 bits per heavy atom. The highest BCUT2D eigenvalue weighted by Crippen LogP contribution is 2.20. The first-order valence-electron chi connectivity index (χ1n) is 3.96. The minimum absolute atomic E-state index is 0.207. The number of alkyl halides is 1. The van der Waals surface area contributed by atoms with Crippen molar-refractivity contribution in [1.29, 1.82) is 0 Å². The van der Waals surface area contributed by atoms with Crippen LogP contribution in [0.25, 0.3) is 0 Å². The highest BCUT2D eigenvalue weighted by Gasteiger charge is 2.10. The number of hydrogen-bond acceptors (Lipinski definition) is 1. The number of hydrogen-bond donors (Lipinski definition) is 0. The Bertz CT molecular complexity index is 244. The fourth-order valence-electron chi connectivity index (χ4n) is 0.987. The summed E-state index contributed by atoms with van der Waals surface area (Å²) in [6.07, 6.45) is 2.74. The van der Waals surface area contributed by atoms with E-state index in [1.165, 1.54) is 5.56 Å². The van der Waals surface area contributed by atoms with E-state index in [4.69, 9.17) is 16.0 Å². The molecule has 0 fully saturated rings. The number of halogens is 2. The summed E-state index contributed by atoms with van der Waals surface area (Å²) in [5.41, 5.74) is 1.20. The molecule has 2 atom stereocenters. The first kappa shape index (κ1) is 10.1. The molecule has 12 heavy (non-hydrogen) atoms. The topological polar surface area (TPSA) is 13.1 Å². The molecule has 2 unspecified atom stereocenters. The minimum atomic E-state index is 0.207. The lowest BCUT2D eigenvalue weighted by molar-refractivity contribution is 0.527. The van der Waals surface area contributed by atoms with Crippen LogP contribution in [0.5, 0.6) is 0 Å². The van der Waals surface area contributed by atoms with Gasteiger partial charge in [0.25, 0.3) is 0 Å². The average Bonchev–Trinajstić information content (AvgIpc) is 2.35. The molecule has 3 heteroatoms. The fourth-order valence-corrected chi connectivity index (χ4v) is 1.46. The van der Waals surface area contributed by atoms with E-state index in [1.54, 1.807) is 6.26 Å². The molecule has 0 aliphatic carbocycles. The van der Waals surface area contributed by atoms with Crippen LogP contribution in [0.1, 0.15) is 19.4 Å². The second kappa shape index (κ2) is 4.33. The van der Waals surface area contributed by atoms with Gasteiger partial charge in [0.05, 0.1) is 6.26 Å². The van der Waals surface area contributed by atoms with Gasteiger partial charge >= 0.3 is 0 Å². The molecule has 0 bridgehead atoms. The van der Waals surface area contributed by atoms with E-state index in [0.29, 0.717) is 5.92 Å². The van der Waals surface area contributed by atoms with E-state index in [0.717, 1.165) is 11.1 Å². The molecule has 1 aromatic rings. The van der Waals surface area contributed by atoms with E-state index in [1.807, 2.05) is 13.0 Å². The molecular formula is C9H12BrClO. The molecule has 0 radical (unpaired) electrons. The quantitative estimate of drug-likeness (QED) is 0.744.